The van der Waals surface area contributed by atoms with Crippen LogP contribution in [0.4, 0.5) is 0 Å². The van der Waals surface area contributed by atoms with Crippen LogP contribution < -0.4 is 10.1 Å². The fraction of sp³-hybridized carbons (Fsp3) is 0.500. The van der Waals surface area contributed by atoms with Crippen LogP contribution in [0, 0.1) is 5.92 Å². The van der Waals surface area contributed by atoms with E-state index in [-0.39, 0.29) is 11.8 Å². The SMILES string of the molecule is CNCC(C)C(=O)N(C)CCOc1ccc(Cl)cc1. The third-order valence-electron chi connectivity index (χ3n) is 2.82. The number of hydrogen-bond donors (Lipinski definition) is 1. The zero-order valence-corrected chi connectivity index (χ0v) is 12.4. The van der Waals surface area contributed by atoms with Crippen LogP contribution in [0.2, 0.25) is 5.02 Å². The molecule has 106 valence electrons. The highest BCUT2D eigenvalue weighted by atomic mass is 35.5. The smallest absolute Gasteiger partial charge is 0.226 e. The van der Waals surface area contributed by atoms with E-state index in [0.717, 1.165) is 5.75 Å². The maximum absolute atomic E-state index is 11.9. The Balaban J connectivity index is 2.32. The summed E-state index contributed by atoms with van der Waals surface area (Å²) in [5.74, 6) is 0.855. The van der Waals surface area contributed by atoms with Crippen molar-refractivity contribution in [1.82, 2.24) is 10.2 Å². The summed E-state index contributed by atoms with van der Waals surface area (Å²) in [5.41, 5.74) is 0. The predicted octanol–water partition coefficient (Wildman–Crippen LogP) is 2.03. The lowest BCUT2D eigenvalue weighted by Crippen LogP contribution is -2.38. The molecular weight excluding hydrogens is 264 g/mol. The number of carbonyl (C=O) groups excluding carboxylic acids is 1. The average molecular weight is 285 g/mol. The second kappa shape index (κ2) is 8.02. The van der Waals surface area contributed by atoms with Gasteiger partial charge in [0.2, 0.25) is 5.91 Å². The van der Waals surface area contributed by atoms with Crippen molar-refractivity contribution < 1.29 is 9.53 Å². The second-order valence-corrected chi connectivity index (χ2v) is 4.96. The summed E-state index contributed by atoms with van der Waals surface area (Å²) in [6.45, 7) is 3.63. The fourth-order valence-electron chi connectivity index (χ4n) is 1.71. The van der Waals surface area contributed by atoms with Gasteiger partial charge in [0.15, 0.2) is 0 Å². The molecule has 0 bridgehead atoms. The minimum atomic E-state index is -0.0227. The van der Waals surface area contributed by atoms with Crippen molar-refractivity contribution in [1.29, 1.82) is 0 Å². The van der Waals surface area contributed by atoms with Gasteiger partial charge in [-0.05, 0) is 31.3 Å². The number of ether oxygens (including phenoxy) is 1. The Kier molecular flexibility index (Phi) is 6.67. The van der Waals surface area contributed by atoms with E-state index in [2.05, 4.69) is 5.32 Å². The molecule has 1 rings (SSSR count). The van der Waals surface area contributed by atoms with Gasteiger partial charge >= 0.3 is 0 Å². The summed E-state index contributed by atoms with van der Waals surface area (Å²) in [5, 5.41) is 3.68. The monoisotopic (exact) mass is 284 g/mol. The molecule has 1 aromatic rings. The standard InChI is InChI=1S/C14H21ClN2O2/c1-11(10-16-2)14(18)17(3)8-9-19-13-6-4-12(15)5-7-13/h4-7,11,16H,8-10H2,1-3H3. The molecule has 1 atom stereocenters. The molecule has 0 aliphatic rings. The first-order valence-corrected chi connectivity index (χ1v) is 6.70. The third-order valence-corrected chi connectivity index (χ3v) is 3.07. The van der Waals surface area contributed by atoms with Crippen LogP contribution in [0.15, 0.2) is 24.3 Å². The lowest BCUT2D eigenvalue weighted by molar-refractivity contribution is -0.133. The molecular formula is C14H21ClN2O2. The number of benzene rings is 1. The van der Waals surface area contributed by atoms with Crippen LogP contribution in [0.3, 0.4) is 0 Å². The van der Waals surface area contributed by atoms with Crippen LogP contribution in [-0.2, 0) is 4.79 Å². The maximum Gasteiger partial charge on any atom is 0.226 e. The zero-order valence-electron chi connectivity index (χ0n) is 11.6. The van der Waals surface area contributed by atoms with E-state index in [0.29, 0.717) is 24.7 Å². The van der Waals surface area contributed by atoms with Gasteiger partial charge in [0.1, 0.15) is 12.4 Å². The van der Waals surface area contributed by atoms with Crippen molar-refractivity contribution in [3.05, 3.63) is 29.3 Å². The number of nitrogens with one attached hydrogen (secondary N) is 1. The van der Waals surface area contributed by atoms with Gasteiger partial charge in [-0.2, -0.15) is 0 Å². The maximum atomic E-state index is 11.9. The van der Waals surface area contributed by atoms with Gasteiger partial charge in [0.05, 0.1) is 6.54 Å². The van der Waals surface area contributed by atoms with Crippen molar-refractivity contribution in [3.8, 4) is 5.75 Å². The van der Waals surface area contributed by atoms with Crippen LogP contribution in [0.1, 0.15) is 6.92 Å². The first kappa shape index (κ1) is 15.8. The summed E-state index contributed by atoms with van der Waals surface area (Å²) < 4.78 is 5.55. The summed E-state index contributed by atoms with van der Waals surface area (Å²) >= 11 is 5.79. The van der Waals surface area contributed by atoms with Gasteiger partial charge in [-0.15, -0.1) is 0 Å². The highest BCUT2D eigenvalue weighted by molar-refractivity contribution is 6.30. The van der Waals surface area contributed by atoms with E-state index in [1.54, 1.807) is 24.1 Å². The van der Waals surface area contributed by atoms with Gasteiger partial charge in [0, 0.05) is 24.5 Å². The average Bonchev–Trinajstić information content (AvgIpc) is 2.40. The van der Waals surface area contributed by atoms with Gasteiger partial charge in [-0.25, -0.2) is 0 Å². The molecule has 0 aromatic heterocycles. The van der Waals surface area contributed by atoms with Gasteiger partial charge < -0.3 is 15.0 Å². The molecule has 0 radical (unpaired) electrons. The Morgan fingerprint density at radius 3 is 2.63 bits per heavy atom. The van der Waals surface area contributed by atoms with Gasteiger partial charge in [-0.1, -0.05) is 18.5 Å². The summed E-state index contributed by atoms with van der Waals surface area (Å²) in [4.78, 5) is 13.6. The largest absolute Gasteiger partial charge is 0.492 e. The van der Waals surface area contributed by atoms with E-state index in [4.69, 9.17) is 16.3 Å². The van der Waals surface area contributed by atoms with E-state index < -0.39 is 0 Å². The number of halogens is 1. The second-order valence-electron chi connectivity index (χ2n) is 4.52. The Labute approximate surface area is 119 Å². The third kappa shape index (κ3) is 5.49. The molecule has 1 aromatic carbocycles. The topological polar surface area (TPSA) is 41.6 Å². The van der Waals surface area contributed by atoms with Crippen LogP contribution in [-0.4, -0.2) is 44.6 Å². The molecule has 0 spiro atoms. The molecule has 0 aliphatic carbocycles. The molecule has 1 unspecified atom stereocenters. The Morgan fingerprint density at radius 1 is 1.42 bits per heavy atom. The number of hydrogen-bond acceptors (Lipinski definition) is 3. The summed E-state index contributed by atoms with van der Waals surface area (Å²) in [7, 11) is 3.63. The van der Waals surface area contributed by atoms with Crippen molar-refractivity contribution in [3.63, 3.8) is 0 Å². The van der Waals surface area contributed by atoms with E-state index >= 15 is 0 Å². The first-order valence-electron chi connectivity index (χ1n) is 6.32. The number of amides is 1. The minimum absolute atomic E-state index is 0.0227. The van der Waals surface area contributed by atoms with E-state index in [9.17, 15) is 4.79 Å². The molecule has 19 heavy (non-hydrogen) atoms. The quantitative estimate of drug-likeness (QED) is 0.833. The summed E-state index contributed by atoms with van der Waals surface area (Å²) in [6, 6.07) is 7.18. The predicted molar refractivity (Wildman–Crippen MR) is 77.7 cm³/mol. The minimum Gasteiger partial charge on any atom is -0.492 e. The lowest BCUT2D eigenvalue weighted by Gasteiger charge is -2.21. The van der Waals surface area contributed by atoms with Crippen molar-refractivity contribution in [2.75, 3.05) is 33.8 Å². The molecule has 0 saturated carbocycles. The molecule has 0 saturated heterocycles. The Hall–Kier alpha value is -1.26. The van der Waals surface area contributed by atoms with Crippen LogP contribution >= 0.6 is 11.6 Å². The van der Waals surface area contributed by atoms with E-state index in [1.807, 2.05) is 26.1 Å². The Bertz CT molecular complexity index is 395. The first-order chi connectivity index (χ1) is 9.04. The van der Waals surface area contributed by atoms with E-state index in [1.165, 1.54) is 0 Å². The molecule has 5 heteroatoms. The molecule has 1 amide bonds. The van der Waals surface area contributed by atoms with Crippen molar-refractivity contribution in [2.45, 2.75) is 6.92 Å². The normalized spacial score (nSPS) is 12.0. The number of carbonyl (C=O) groups is 1. The lowest BCUT2D eigenvalue weighted by atomic mass is 10.1. The number of rotatable bonds is 7. The number of likely N-dealkylation sites (N-methyl/N-ethyl adjacent to an activating group) is 1. The zero-order chi connectivity index (χ0) is 14.3. The van der Waals surface area contributed by atoms with Crippen LogP contribution in [0.25, 0.3) is 0 Å². The summed E-state index contributed by atoms with van der Waals surface area (Å²) in [6.07, 6.45) is 0. The van der Waals surface area contributed by atoms with Gasteiger partial charge in [0.25, 0.3) is 0 Å². The molecule has 0 fully saturated rings. The Morgan fingerprint density at radius 2 is 2.05 bits per heavy atom. The molecule has 1 N–H and O–H groups in total. The fourth-order valence-corrected chi connectivity index (χ4v) is 1.84. The van der Waals surface area contributed by atoms with Crippen LogP contribution in [0.5, 0.6) is 5.75 Å². The highest BCUT2D eigenvalue weighted by Crippen LogP contribution is 2.15. The van der Waals surface area contributed by atoms with Crippen molar-refractivity contribution >= 4 is 17.5 Å². The number of nitrogens with zero attached hydrogens (tertiary/aromatic N) is 1. The highest BCUT2D eigenvalue weighted by Gasteiger charge is 2.16. The molecule has 0 heterocycles. The molecule has 0 aliphatic heterocycles. The van der Waals surface area contributed by atoms with Gasteiger partial charge in [-0.3, -0.25) is 4.79 Å². The van der Waals surface area contributed by atoms with Crippen molar-refractivity contribution in [2.24, 2.45) is 5.92 Å². The molecule has 4 nitrogen and oxygen atoms in total.